The summed E-state index contributed by atoms with van der Waals surface area (Å²) in [4.78, 5) is 0. The lowest BCUT2D eigenvalue weighted by molar-refractivity contribution is -0.0272. The summed E-state index contributed by atoms with van der Waals surface area (Å²) in [6, 6.07) is 0. The topological polar surface area (TPSA) is 41.5 Å². The van der Waals surface area contributed by atoms with Crippen LogP contribution in [-0.4, -0.2) is 10.8 Å². The van der Waals surface area contributed by atoms with Crippen molar-refractivity contribution in [2.75, 3.05) is 0 Å². The van der Waals surface area contributed by atoms with Crippen LogP contribution in [0.25, 0.3) is 0 Å². The monoisotopic (exact) mass is 183 g/mol. The molecule has 3 nitrogen and oxygen atoms in total. The molecule has 3 heteroatoms. The SMILES string of the molecule is CC1=C(O)NC(C)(C2CCCC2)O1. The van der Waals surface area contributed by atoms with E-state index >= 15 is 0 Å². The quantitative estimate of drug-likeness (QED) is 0.655. The summed E-state index contributed by atoms with van der Waals surface area (Å²) in [7, 11) is 0. The average molecular weight is 183 g/mol. The predicted octanol–water partition coefficient (Wildman–Crippen LogP) is 2.26. The molecular weight excluding hydrogens is 166 g/mol. The van der Waals surface area contributed by atoms with E-state index in [1.165, 1.54) is 25.7 Å². The summed E-state index contributed by atoms with van der Waals surface area (Å²) in [5, 5.41) is 12.5. The fourth-order valence-electron chi connectivity index (χ4n) is 2.38. The van der Waals surface area contributed by atoms with Gasteiger partial charge in [0.05, 0.1) is 0 Å². The molecule has 13 heavy (non-hydrogen) atoms. The molecule has 2 aliphatic rings. The molecule has 0 radical (unpaired) electrons. The first-order valence-electron chi connectivity index (χ1n) is 4.99. The Morgan fingerprint density at radius 2 is 2.08 bits per heavy atom. The largest absolute Gasteiger partial charge is 0.492 e. The van der Waals surface area contributed by atoms with Gasteiger partial charge in [-0.05, 0) is 26.7 Å². The van der Waals surface area contributed by atoms with Crippen molar-refractivity contribution in [3.63, 3.8) is 0 Å². The van der Waals surface area contributed by atoms with Crippen LogP contribution in [0.1, 0.15) is 39.5 Å². The molecular formula is C10H17NO2. The summed E-state index contributed by atoms with van der Waals surface area (Å²) in [5.41, 5.74) is -0.356. The van der Waals surface area contributed by atoms with Crippen molar-refractivity contribution in [1.82, 2.24) is 5.32 Å². The number of ether oxygens (including phenoxy) is 1. The number of rotatable bonds is 1. The Balaban J connectivity index is 2.07. The summed E-state index contributed by atoms with van der Waals surface area (Å²) in [6.07, 6.45) is 4.96. The molecule has 74 valence electrons. The van der Waals surface area contributed by atoms with E-state index in [-0.39, 0.29) is 11.6 Å². The Morgan fingerprint density at radius 3 is 2.54 bits per heavy atom. The molecule has 0 aromatic rings. The van der Waals surface area contributed by atoms with Gasteiger partial charge in [-0.3, -0.25) is 0 Å². The molecule has 1 atom stereocenters. The first kappa shape index (κ1) is 8.73. The molecule has 0 amide bonds. The van der Waals surface area contributed by atoms with Gasteiger partial charge in [-0.25, -0.2) is 0 Å². The number of allylic oxidation sites excluding steroid dienone is 1. The van der Waals surface area contributed by atoms with Crippen molar-refractivity contribution in [3.8, 4) is 0 Å². The zero-order chi connectivity index (χ0) is 9.47. The molecule has 0 saturated heterocycles. The van der Waals surface area contributed by atoms with Crippen LogP contribution in [0.3, 0.4) is 0 Å². The number of aliphatic hydroxyl groups excluding tert-OH is 1. The van der Waals surface area contributed by atoms with Gasteiger partial charge < -0.3 is 15.2 Å². The maximum absolute atomic E-state index is 9.44. The Morgan fingerprint density at radius 1 is 1.46 bits per heavy atom. The van der Waals surface area contributed by atoms with Crippen molar-refractivity contribution < 1.29 is 9.84 Å². The van der Waals surface area contributed by atoms with Crippen LogP contribution in [0.4, 0.5) is 0 Å². The van der Waals surface area contributed by atoms with Crippen LogP contribution in [0.2, 0.25) is 0 Å². The van der Waals surface area contributed by atoms with E-state index in [0.29, 0.717) is 11.7 Å². The maximum Gasteiger partial charge on any atom is 0.226 e. The Labute approximate surface area is 78.8 Å². The number of hydrogen-bond donors (Lipinski definition) is 2. The van der Waals surface area contributed by atoms with Gasteiger partial charge in [0.1, 0.15) is 0 Å². The fraction of sp³-hybridized carbons (Fsp3) is 0.800. The lowest BCUT2D eigenvalue weighted by Crippen LogP contribution is -2.45. The molecule has 1 heterocycles. The second-order valence-corrected chi connectivity index (χ2v) is 4.22. The molecule has 0 aromatic heterocycles. The highest BCUT2D eigenvalue weighted by molar-refractivity contribution is 5.08. The van der Waals surface area contributed by atoms with Gasteiger partial charge in [-0.2, -0.15) is 0 Å². The van der Waals surface area contributed by atoms with Crippen molar-refractivity contribution in [2.45, 2.75) is 45.3 Å². The van der Waals surface area contributed by atoms with Crippen molar-refractivity contribution in [2.24, 2.45) is 5.92 Å². The zero-order valence-corrected chi connectivity index (χ0v) is 8.26. The van der Waals surface area contributed by atoms with Gasteiger partial charge in [0.2, 0.25) is 5.88 Å². The summed E-state index contributed by atoms with van der Waals surface area (Å²) in [6.45, 7) is 3.82. The van der Waals surface area contributed by atoms with E-state index in [1.54, 1.807) is 6.92 Å². The van der Waals surface area contributed by atoms with E-state index in [2.05, 4.69) is 5.32 Å². The minimum Gasteiger partial charge on any atom is -0.492 e. The van der Waals surface area contributed by atoms with Crippen molar-refractivity contribution >= 4 is 0 Å². The number of hydrogen-bond acceptors (Lipinski definition) is 3. The van der Waals surface area contributed by atoms with Crippen LogP contribution in [0, 0.1) is 5.92 Å². The molecule has 1 fully saturated rings. The Kier molecular flexibility index (Phi) is 1.90. The van der Waals surface area contributed by atoms with Crippen molar-refractivity contribution in [3.05, 3.63) is 11.6 Å². The molecule has 1 saturated carbocycles. The Bertz CT molecular complexity index is 227. The second-order valence-electron chi connectivity index (χ2n) is 4.22. The van der Waals surface area contributed by atoms with E-state index < -0.39 is 0 Å². The number of aliphatic hydroxyl groups is 1. The fourth-order valence-corrected chi connectivity index (χ4v) is 2.38. The normalized spacial score (nSPS) is 34.9. The molecule has 1 aliphatic carbocycles. The third-order valence-corrected chi connectivity index (χ3v) is 3.20. The third-order valence-electron chi connectivity index (χ3n) is 3.20. The van der Waals surface area contributed by atoms with Crippen LogP contribution in [0.5, 0.6) is 0 Å². The first-order chi connectivity index (χ1) is 6.12. The highest BCUT2D eigenvalue weighted by atomic mass is 16.5. The van der Waals surface area contributed by atoms with Gasteiger partial charge in [0.15, 0.2) is 11.5 Å². The smallest absolute Gasteiger partial charge is 0.226 e. The predicted molar refractivity (Wildman–Crippen MR) is 49.9 cm³/mol. The van der Waals surface area contributed by atoms with Gasteiger partial charge in [-0.1, -0.05) is 12.8 Å². The maximum atomic E-state index is 9.44. The highest BCUT2D eigenvalue weighted by Gasteiger charge is 2.42. The van der Waals surface area contributed by atoms with Gasteiger partial charge in [0.25, 0.3) is 0 Å². The number of nitrogens with one attached hydrogen (secondary N) is 1. The zero-order valence-electron chi connectivity index (χ0n) is 8.26. The molecule has 0 spiro atoms. The van der Waals surface area contributed by atoms with Crippen LogP contribution in [-0.2, 0) is 4.74 Å². The second kappa shape index (κ2) is 2.82. The molecule has 0 aromatic carbocycles. The molecule has 1 aliphatic heterocycles. The molecule has 0 bridgehead atoms. The third kappa shape index (κ3) is 1.36. The highest BCUT2D eigenvalue weighted by Crippen LogP contribution is 2.38. The lowest BCUT2D eigenvalue weighted by atomic mass is 9.96. The van der Waals surface area contributed by atoms with Crippen LogP contribution in [0.15, 0.2) is 11.6 Å². The summed E-state index contributed by atoms with van der Waals surface area (Å²) >= 11 is 0. The van der Waals surface area contributed by atoms with Crippen LogP contribution >= 0.6 is 0 Å². The van der Waals surface area contributed by atoms with Crippen molar-refractivity contribution in [1.29, 1.82) is 0 Å². The lowest BCUT2D eigenvalue weighted by Gasteiger charge is -2.31. The van der Waals surface area contributed by atoms with Gasteiger partial charge >= 0.3 is 0 Å². The molecule has 2 N–H and O–H groups in total. The van der Waals surface area contributed by atoms with Gasteiger partial charge in [-0.15, -0.1) is 0 Å². The summed E-state index contributed by atoms with van der Waals surface area (Å²) < 4.78 is 5.66. The minimum absolute atomic E-state index is 0.203. The average Bonchev–Trinajstić information content (AvgIpc) is 2.61. The Hall–Kier alpha value is -0.860. The van der Waals surface area contributed by atoms with Crippen LogP contribution < -0.4 is 5.32 Å². The van der Waals surface area contributed by atoms with E-state index in [9.17, 15) is 5.11 Å². The van der Waals surface area contributed by atoms with E-state index in [4.69, 9.17) is 4.74 Å². The minimum atomic E-state index is -0.356. The van der Waals surface area contributed by atoms with E-state index in [0.717, 1.165) is 0 Å². The van der Waals surface area contributed by atoms with E-state index in [1.807, 2.05) is 6.92 Å². The molecule has 2 rings (SSSR count). The summed E-state index contributed by atoms with van der Waals surface area (Å²) in [5.74, 6) is 1.36. The molecule has 1 unspecified atom stereocenters. The first-order valence-corrected chi connectivity index (χ1v) is 4.99. The van der Waals surface area contributed by atoms with Gasteiger partial charge in [0, 0.05) is 5.92 Å². The standard InChI is InChI=1S/C10H17NO2/c1-7-9(12)11-10(2,13-7)8-5-3-4-6-8/h8,11-12H,3-6H2,1-2H3.